The highest BCUT2D eigenvalue weighted by molar-refractivity contribution is 9.10. The van der Waals surface area contributed by atoms with Gasteiger partial charge < -0.3 is 15.0 Å². The number of ether oxygens (including phenoxy) is 1. The first-order valence-electron chi connectivity index (χ1n) is 14.6. The van der Waals surface area contributed by atoms with Crippen LogP contribution in [0.3, 0.4) is 0 Å². The molecule has 0 aliphatic heterocycles. The number of methoxy groups -OCH3 is 1. The zero-order valence-corrected chi connectivity index (χ0v) is 28.2. The molecule has 0 saturated carbocycles. The van der Waals surface area contributed by atoms with E-state index in [0.717, 1.165) is 25.5 Å². The van der Waals surface area contributed by atoms with Crippen molar-refractivity contribution in [2.45, 2.75) is 50.7 Å². The van der Waals surface area contributed by atoms with E-state index in [1.165, 1.54) is 24.1 Å². The SMILES string of the molecule is COc1ccccc1N(CC(=O)N(Cc1ccc(Br)cc1)C(Cc1ccccc1)C(=O)NC(C)C)S(=O)(=O)c1ccc(C)cc1. The Bertz CT molecular complexity index is 1700. The van der Waals surface area contributed by atoms with Crippen molar-refractivity contribution < 1.29 is 22.7 Å². The monoisotopic (exact) mass is 691 g/mol. The molecule has 0 aromatic heterocycles. The topological polar surface area (TPSA) is 96.0 Å². The molecule has 0 fully saturated rings. The van der Waals surface area contributed by atoms with Crippen molar-refractivity contribution in [3.8, 4) is 5.75 Å². The van der Waals surface area contributed by atoms with E-state index in [4.69, 9.17) is 4.74 Å². The van der Waals surface area contributed by atoms with Crippen molar-refractivity contribution >= 4 is 43.5 Å². The van der Waals surface area contributed by atoms with Crippen LogP contribution in [0.1, 0.15) is 30.5 Å². The second kappa shape index (κ2) is 15.2. The van der Waals surface area contributed by atoms with Crippen molar-refractivity contribution in [1.82, 2.24) is 10.2 Å². The number of rotatable bonds is 13. The van der Waals surface area contributed by atoms with Crippen LogP contribution in [-0.2, 0) is 32.6 Å². The Morgan fingerprint density at radius 3 is 2.09 bits per heavy atom. The minimum atomic E-state index is -4.24. The first-order chi connectivity index (χ1) is 21.5. The molecule has 0 saturated heterocycles. The van der Waals surface area contributed by atoms with Crippen LogP contribution in [0.25, 0.3) is 0 Å². The summed E-state index contributed by atoms with van der Waals surface area (Å²) in [5.41, 5.74) is 2.76. The number of hydrogen-bond acceptors (Lipinski definition) is 5. The maximum Gasteiger partial charge on any atom is 0.264 e. The van der Waals surface area contributed by atoms with Gasteiger partial charge >= 0.3 is 0 Å². The van der Waals surface area contributed by atoms with Crippen LogP contribution in [0.15, 0.2) is 112 Å². The zero-order valence-electron chi connectivity index (χ0n) is 25.8. The van der Waals surface area contributed by atoms with Crippen LogP contribution in [0.5, 0.6) is 5.75 Å². The molecule has 0 aliphatic carbocycles. The lowest BCUT2D eigenvalue weighted by molar-refractivity contribution is -0.140. The van der Waals surface area contributed by atoms with Gasteiger partial charge in [-0.15, -0.1) is 0 Å². The highest BCUT2D eigenvalue weighted by Gasteiger charge is 2.35. The van der Waals surface area contributed by atoms with E-state index in [9.17, 15) is 18.0 Å². The molecule has 0 spiro atoms. The Morgan fingerprint density at radius 2 is 1.47 bits per heavy atom. The third-order valence-corrected chi connectivity index (χ3v) is 9.51. The lowest BCUT2D eigenvalue weighted by Gasteiger charge is -2.34. The molecule has 8 nitrogen and oxygen atoms in total. The molecule has 0 heterocycles. The van der Waals surface area contributed by atoms with Crippen LogP contribution in [0.2, 0.25) is 0 Å². The minimum Gasteiger partial charge on any atom is -0.495 e. The first kappa shape index (κ1) is 33.7. The Morgan fingerprint density at radius 1 is 0.844 bits per heavy atom. The number of nitrogens with zero attached hydrogens (tertiary/aromatic N) is 2. The van der Waals surface area contributed by atoms with Gasteiger partial charge in [0.05, 0.1) is 17.7 Å². The number of hydrogen-bond donors (Lipinski definition) is 1. The molecular weight excluding hydrogens is 654 g/mol. The van der Waals surface area contributed by atoms with E-state index in [2.05, 4.69) is 21.2 Å². The van der Waals surface area contributed by atoms with Crippen LogP contribution in [0.4, 0.5) is 5.69 Å². The fourth-order valence-corrected chi connectivity index (χ4v) is 6.60. The quantitative estimate of drug-likeness (QED) is 0.182. The summed E-state index contributed by atoms with van der Waals surface area (Å²) in [7, 11) is -2.79. The Hall–Kier alpha value is -4.15. The lowest BCUT2D eigenvalue weighted by atomic mass is 10.0. The molecule has 45 heavy (non-hydrogen) atoms. The van der Waals surface area contributed by atoms with Gasteiger partial charge in [0.15, 0.2) is 0 Å². The van der Waals surface area contributed by atoms with Gasteiger partial charge in [0.25, 0.3) is 10.0 Å². The maximum atomic E-state index is 14.5. The summed E-state index contributed by atoms with van der Waals surface area (Å²) < 4.78 is 35.9. The van der Waals surface area contributed by atoms with E-state index >= 15 is 0 Å². The Labute approximate surface area is 274 Å². The molecule has 10 heteroatoms. The summed E-state index contributed by atoms with van der Waals surface area (Å²) in [6, 6.07) is 28.9. The molecule has 236 valence electrons. The summed E-state index contributed by atoms with van der Waals surface area (Å²) in [4.78, 5) is 29.8. The van der Waals surface area contributed by atoms with Gasteiger partial charge in [-0.3, -0.25) is 13.9 Å². The van der Waals surface area contributed by atoms with E-state index in [1.807, 2.05) is 75.4 Å². The van der Waals surface area contributed by atoms with Gasteiger partial charge in [0.1, 0.15) is 18.3 Å². The van der Waals surface area contributed by atoms with Gasteiger partial charge in [-0.1, -0.05) is 88.2 Å². The summed E-state index contributed by atoms with van der Waals surface area (Å²) in [6.45, 7) is 5.10. The fourth-order valence-electron chi connectivity index (χ4n) is 4.91. The number of sulfonamides is 1. The molecule has 2 amide bonds. The molecule has 1 unspecified atom stereocenters. The van der Waals surface area contributed by atoms with Gasteiger partial charge in [-0.05, 0) is 68.3 Å². The number of anilines is 1. The summed E-state index contributed by atoms with van der Waals surface area (Å²) in [5, 5.41) is 2.97. The number of nitrogens with one attached hydrogen (secondary N) is 1. The van der Waals surface area contributed by atoms with Gasteiger partial charge in [-0.2, -0.15) is 0 Å². The molecule has 4 rings (SSSR count). The normalized spacial score (nSPS) is 12.0. The lowest BCUT2D eigenvalue weighted by Crippen LogP contribution is -2.54. The maximum absolute atomic E-state index is 14.5. The smallest absolute Gasteiger partial charge is 0.264 e. The average Bonchev–Trinajstić information content (AvgIpc) is 3.02. The Kier molecular flexibility index (Phi) is 11.4. The van der Waals surface area contributed by atoms with Crippen molar-refractivity contribution in [3.05, 3.63) is 124 Å². The van der Waals surface area contributed by atoms with E-state index in [1.54, 1.807) is 36.4 Å². The first-order valence-corrected chi connectivity index (χ1v) is 16.8. The second-order valence-corrected chi connectivity index (χ2v) is 13.8. The van der Waals surface area contributed by atoms with Gasteiger partial charge in [0, 0.05) is 23.5 Å². The zero-order chi connectivity index (χ0) is 32.6. The predicted octanol–water partition coefficient (Wildman–Crippen LogP) is 6.13. The van der Waals surface area contributed by atoms with E-state index in [0.29, 0.717) is 5.75 Å². The van der Waals surface area contributed by atoms with Crippen LogP contribution >= 0.6 is 15.9 Å². The van der Waals surface area contributed by atoms with Crippen LogP contribution in [-0.4, -0.2) is 50.9 Å². The van der Waals surface area contributed by atoms with Crippen molar-refractivity contribution in [2.24, 2.45) is 0 Å². The van der Waals surface area contributed by atoms with Crippen molar-refractivity contribution in [1.29, 1.82) is 0 Å². The molecule has 0 bridgehead atoms. The molecule has 1 atom stereocenters. The number of amides is 2. The molecule has 0 aliphatic rings. The predicted molar refractivity (Wildman–Crippen MR) is 181 cm³/mol. The molecule has 4 aromatic rings. The number of carbonyl (C=O) groups is 2. The van der Waals surface area contributed by atoms with E-state index in [-0.39, 0.29) is 35.5 Å². The third kappa shape index (κ3) is 8.73. The largest absolute Gasteiger partial charge is 0.495 e. The molecule has 0 radical (unpaired) electrons. The van der Waals surface area contributed by atoms with Gasteiger partial charge in [0.2, 0.25) is 11.8 Å². The van der Waals surface area contributed by atoms with Crippen LogP contribution < -0.4 is 14.4 Å². The molecule has 4 aromatic carbocycles. The van der Waals surface area contributed by atoms with Crippen LogP contribution in [0, 0.1) is 6.92 Å². The number of halogens is 1. The Balaban J connectivity index is 1.83. The fraction of sp³-hybridized carbons (Fsp3) is 0.257. The molecule has 1 N–H and O–H groups in total. The second-order valence-electron chi connectivity index (χ2n) is 11.0. The number of aryl methyl sites for hydroxylation is 1. The molecular formula is C35H38BrN3O5S. The standard InChI is InChI=1S/C35H38BrN3O5S/c1-25(2)37-35(41)32(22-27-10-6-5-7-11-27)38(23-28-16-18-29(36)19-17-28)34(40)24-39(31-12-8-9-13-33(31)44-4)45(42,43)30-20-14-26(3)15-21-30/h5-21,25,32H,22-24H2,1-4H3,(H,37,41). The number of para-hydroxylation sites is 2. The highest BCUT2D eigenvalue weighted by atomic mass is 79.9. The number of carbonyl (C=O) groups excluding carboxylic acids is 2. The minimum absolute atomic E-state index is 0.0321. The van der Waals surface area contributed by atoms with E-state index < -0.39 is 28.5 Å². The van der Waals surface area contributed by atoms with Crippen molar-refractivity contribution in [2.75, 3.05) is 18.0 Å². The van der Waals surface area contributed by atoms with Crippen molar-refractivity contribution in [3.63, 3.8) is 0 Å². The van der Waals surface area contributed by atoms with Gasteiger partial charge in [-0.25, -0.2) is 8.42 Å². The summed E-state index contributed by atoms with van der Waals surface area (Å²) in [5.74, 6) is -0.581. The highest BCUT2D eigenvalue weighted by Crippen LogP contribution is 2.33. The average molecular weight is 693 g/mol. The number of benzene rings is 4. The summed E-state index contributed by atoms with van der Waals surface area (Å²) >= 11 is 3.45. The third-order valence-electron chi connectivity index (χ3n) is 7.21. The summed E-state index contributed by atoms with van der Waals surface area (Å²) in [6.07, 6.45) is 0.237.